The molecule has 3 nitrogen and oxygen atoms in total. The summed E-state index contributed by atoms with van der Waals surface area (Å²) >= 11 is 0. The average molecular weight is 250 g/mol. The number of hydrogen-bond donors (Lipinski definition) is 0. The molecule has 18 heavy (non-hydrogen) atoms. The van der Waals surface area contributed by atoms with Gasteiger partial charge in [0, 0.05) is 5.92 Å². The minimum Gasteiger partial charge on any atom is -0.498 e. The van der Waals surface area contributed by atoms with Crippen molar-refractivity contribution in [2.75, 3.05) is 13.7 Å². The summed E-state index contributed by atoms with van der Waals surface area (Å²) in [6.45, 7) is 4.79. The van der Waals surface area contributed by atoms with Gasteiger partial charge in [-0.3, -0.25) is 4.79 Å². The predicted molar refractivity (Wildman–Crippen MR) is 72.0 cm³/mol. The van der Waals surface area contributed by atoms with E-state index in [4.69, 9.17) is 9.47 Å². The molecule has 0 radical (unpaired) electrons. The van der Waals surface area contributed by atoms with Gasteiger partial charge in [-0.25, -0.2) is 0 Å². The van der Waals surface area contributed by atoms with Crippen molar-refractivity contribution in [1.82, 2.24) is 0 Å². The van der Waals surface area contributed by atoms with Gasteiger partial charge in [-0.15, -0.1) is 0 Å². The van der Waals surface area contributed by atoms with Gasteiger partial charge < -0.3 is 9.47 Å². The van der Waals surface area contributed by atoms with Crippen molar-refractivity contribution in [3.05, 3.63) is 35.6 Å². The first-order valence-electron chi connectivity index (χ1n) is 6.40. The van der Waals surface area contributed by atoms with Crippen LogP contribution in [0.25, 0.3) is 0 Å². The predicted octanol–water partition coefficient (Wildman–Crippen LogP) is 3.38. The molecule has 0 fully saturated rings. The highest BCUT2D eigenvalue weighted by Gasteiger charge is 2.19. The number of allylic oxidation sites excluding steroid dienone is 5. The zero-order valence-corrected chi connectivity index (χ0v) is 11.4. The summed E-state index contributed by atoms with van der Waals surface area (Å²) in [5, 5.41) is 0. The molecular weight excluding hydrogens is 228 g/mol. The van der Waals surface area contributed by atoms with Crippen LogP contribution in [-0.2, 0) is 14.3 Å². The number of methoxy groups -OCH3 is 1. The molecule has 0 aromatic rings. The third-order valence-electron chi connectivity index (χ3n) is 3.02. The van der Waals surface area contributed by atoms with Gasteiger partial charge in [0.1, 0.15) is 0 Å². The van der Waals surface area contributed by atoms with Gasteiger partial charge in [0.05, 0.1) is 25.9 Å². The maximum Gasteiger partial charge on any atom is 0.309 e. The van der Waals surface area contributed by atoms with E-state index in [-0.39, 0.29) is 11.9 Å². The minimum absolute atomic E-state index is 0.126. The van der Waals surface area contributed by atoms with Crippen LogP contribution in [0, 0.1) is 5.92 Å². The van der Waals surface area contributed by atoms with Gasteiger partial charge in [0.25, 0.3) is 0 Å². The van der Waals surface area contributed by atoms with E-state index >= 15 is 0 Å². The Kier molecular flexibility index (Phi) is 6.26. The molecule has 1 aliphatic heterocycles. The van der Waals surface area contributed by atoms with E-state index in [0.717, 1.165) is 30.8 Å². The normalized spacial score (nSPS) is 18.2. The van der Waals surface area contributed by atoms with Gasteiger partial charge >= 0.3 is 5.97 Å². The zero-order chi connectivity index (χ0) is 13.4. The first-order chi connectivity index (χ1) is 8.69. The molecule has 0 aromatic carbocycles. The summed E-state index contributed by atoms with van der Waals surface area (Å²) in [7, 11) is 1.41. The molecule has 0 amide bonds. The Morgan fingerprint density at radius 3 is 2.94 bits per heavy atom. The van der Waals surface area contributed by atoms with Crippen molar-refractivity contribution in [3.63, 3.8) is 0 Å². The first-order valence-corrected chi connectivity index (χ1v) is 6.40. The van der Waals surface area contributed by atoms with Crippen LogP contribution >= 0.6 is 0 Å². The fourth-order valence-corrected chi connectivity index (χ4v) is 1.88. The van der Waals surface area contributed by atoms with Crippen molar-refractivity contribution in [1.29, 1.82) is 0 Å². The quantitative estimate of drug-likeness (QED) is 0.554. The second-order valence-corrected chi connectivity index (χ2v) is 4.34. The Balaban J connectivity index is 2.81. The number of hydrogen-bond acceptors (Lipinski definition) is 3. The first kappa shape index (κ1) is 14.6. The molecule has 0 saturated heterocycles. The largest absolute Gasteiger partial charge is 0.498 e. The molecule has 1 rings (SSSR count). The maximum absolute atomic E-state index is 11.4. The number of carbonyl (C=O) groups excluding carboxylic acids is 1. The number of esters is 1. The Bertz CT molecular complexity index is 364. The van der Waals surface area contributed by atoms with Crippen LogP contribution in [0.4, 0.5) is 0 Å². The summed E-state index contributed by atoms with van der Waals surface area (Å²) < 4.78 is 10.4. The second-order valence-electron chi connectivity index (χ2n) is 4.34. The highest BCUT2D eigenvalue weighted by atomic mass is 16.5. The Labute approximate surface area is 109 Å². The van der Waals surface area contributed by atoms with Crippen molar-refractivity contribution < 1.29 is 14.3 Å². The van der Waals surface area contributed by atoms with Crippen molar-refractivity contribution in [2.45, 2.75) is 33.1 Å². The lowest BCUT2D eigenvalue weighted by Gasteiger charge is -2.22. The molecule has 1 aliphatic rings. The third-order valence-corrected chi connectivity index (χ3v) is 3.02. The molecular formula is C15H22O3. The monoisotopic (exact) mass is 250 g/mol. The SMILES string of the molecule is C/C=C\C=C(\CC(=O)OC)C(C)C1=CCCCO1. The maximum atomic E-state index is 11.4. The van der Waals surface area contributed by atoms with Gasteiger partial charge in [-0.2, -0.15) is 0 Å². The van der Waals surface area contributed by atoms with Crippen molar-refractivity contribution in [2.24, 2.45) is 5.92 Å². The molecule has 0 saturated carbocycles. The fraction of sp³-hybridized carbons (Fsp3) is 0.533. The van der Waals surface area contributed by atoms with Crippen molar-refractivity contribution in [3.8, 4) is 0 Å². The number of rotatable bonds is 5. The highest BCUT2D eigenvalue weighted by Crippen LogP contribution is 2.27. The van der Waals surface area contributed by atoms with E-state index in [1.54, 1.807) is 0 Å². The number of ether oxygens (including phenoxy) is 2. The molecule has 1 heterocycles. The lowest BCUT2D eigenvalue weighted by Crippen LogP contribution is -2.14. The van der Waals surface area contributed by atoms with E-state index in [1.807, 2.05) is 25.2 Å². The van der Waals surface area contributed by atoms with E-state index < -0.39 is 0 Å². The van der Waals surface area contributed by atoms with Gasteiger partial charge in [0.2, 0.25) is 0 Å². The van der Waals surface area contributed by atoms with Crippen LogP contribution in [0.2, 0.25) is 0 Å². The molecule has 3 heteroatoms. The Morgan fingerprint density at radius 2 is 2.39 bits per heavy atom. The van der Waals surface area contributed by atoms with Crippen LogP contribution in [0.3, 0.4) is 0 Å². The van der Waals surface area contributed by atoms with E-state index in [2.05, 4.69) is 13.0 Å². The second kappa shape index (κ2) is 7.75. The Morgan fingerprint density at radius 1 is 1.61 bits per heavy atom. The van der Waals surface area contributed by atoms with Crippen LogP contribution in [0.5, 0.6) is 0 Å². The molecule has 0 bridgehead atoms. The summed E-state index contributed by atoms with van der Waals surface area (Å²) in [4.78, 5) is 11.4. The standard InChI is InChI=1S/C15H22O3/c1-4-5-8-13(11-15(16)17-3)12(2)14-9-6-7-10-18-14/h4-5,8-9,12H,6-7,10-11H2,1-3H3/b5-4-,13-8-. The molecule has 1 unspecified atom stereocenters. The van der Waals surface area contributed by atoms with Gasteiger partial charge in [0.15, 0.2) is 0 Å². The highest BCUT2D eigenvalue weighted by molar-refractivity contribution is 5.72. The van der Waals surface area contributed by atoms with Crippen LogP contribution in [-0.4, -0.2) is 19.7 Å². The van der Waals surface area contributed by atoms with Crippen LogP contribution < -0.4 is 0 Å². The smallest absolute Gasteiger partial charge is 0.309 e. The average Bonchev–Trinajstić information content (AvgIpc) is 2.43. The van der Waals surface area contributed by atoms with Crippen molar-refractivity contribution >= 4 is 5.97 Å². The topological polar surface area (TPSA) is 35.5 Å². The summed E-state index contributed by atoms with van der Waals surface area (Å²) in [5.74, 6) is 0.885. The lowest BCUT2D eigenvalue weighted by atomic mass is 9.94. The van der Waals surface area contributed by atoms with E-state index in [1.165, 1.54) is 7.11 Å². The minimum atomic E-state index is -0.214. The number of carbonyl (C=O) groups is 1. The molecule has 0 aromatic heterocycles. The Hall–Kier alpha value is -1.51. The summed E-state index contributed by atoms with van der Waals surface area (Å²) in [6, 6.07) is 0. The van der Waals surface area contributed by atoms with Crippen LogP contribution in [0.1, 0.15) is 33.1 Å². The van der Waals surface area contributed by atoms with Gasteiger partial charge in [-0.1, -0.05) is 25.2 Å². The summed E-state index contributed by atoms with van der Waals surface area (Å²) in [6.07, 6.45) is 10.4. The lowest BCUT2D eigenvalue weighted by molar-refractivity contribution is -0.139. The molecule has 0 aliphatic carbocycles. The molecule has 100 valence electrons. The zero-order valence-electron chi connectivity index (χ0n) is 11.4. The van der Waals surface area contributed by atoms with Gasteiger partial charge in [-0.05, 0) is 31.4 Å². The van der Waals surface area contributed by atoms with E-state index in [9.17, 15) is 4.79 Å². The van der Waals surface area contributed by atoms with Crippen LogP contribution in [0.15, 0.2) is 35.6 Å². The van der Waals surface area contributed by atoms with E-state index in [0.29, 0.717) is 6.42 Å². The third kappa shape index (κ3) is 4.40. The molecule has 1 atom stereocenters. The molecule has 0 N–H and O–H groups in total. The fourth-order valence-electron chi connectivity index (χ4n) is 1.88. The molecule has 0 spiro atoms. The summed E-state index contributed by atoms with van der Waals surface area (Å²) in [5.41, 5.74) is 1.02.